The van der Waals surface area contributed by atoms with Crippen LogP contribution in [-0.2, 0) is 11.0 Å². The van der Waals surface area contributed by atoms with Crippen LogP contribution in [0.25, 0.3) is 11.0 Å². The van der Waals surface area contributed by atoms with Crippen LogP contribution in [0.5, 0.6) is 0 Å². The topological polar surface area (TPSA) is 133 Å². The Morgan fingerprint density at radius 3 is 2.59 bits per heavy atom. The highest BCUT2D eigenvalue weighted by Crippen LogP contribution is 2.34. The minimum atomic E-state index is -4.59. The fourth-order valence-electron chi connectivity index (χ4n) is 4.52. The minimum absolute atomic E-state index is 0.0487. The van der Waals surface area contributed by atoms with E-state index in [0.29, 0.717) is 43.3 Å². The predicted molar refractivity (Wildman–Crippen MR) is 117 cm³/mol. The molecule has 0 aromatic carbocycles. The molecule has 3 amide bonds. The number of hydrogen-bond donors (Lipinski definition) is 3. The molecule has 2 fully saturated rings. The molecule has 4 N–H and O–H groups in total. The third-order valence-corrected chi connectivity index (χ3v) is 6.24. The molecule has 0 unspecified atom stereocenters. The van der Waals surface area contributed by atoms with Gasteiger partial charge in [-0.2, -0.15) is 18.3 Å². The first kappa shape index (κ1) is 21.9. The number of nitrogens with one attached hydrogen (secondary N) is 2. The summed E-state index contributed by atoms with van der Waals surface area (Å²) < 4.78 is 39.1. The summed E-state index contributed by atoms with van der Waals surface area (Å²) in [5.41, 5.74) is 6.20. The number of halogens is 3. The van der Waals surface area contributed by atoms with Gasteiger partial charge in [0.25, 0.3) is 5.91 Å². The standard InChI is InChI=1S/C21H21F3N8O2/c22-21(23,24)11-5-15(9-26-7-11)31-10-17(33)32(20(31)34)14-3-1-12(2-4-14)28-13-6-16-18(25)29-30-19(16)27-8-13/h5-9,12,14,28H,1-4,10H2,(H3,25,27,29,30)/t12-,14-. The Bertz CT molecular complexity index is 1250. The average molecular weight is 474 g/mol. The highest BCUT2D eigenvalue weighted by molar-refractivity contribution is 6.12. The Labute approximate surface area is 191 Å². The second-order valence-corrected chi connectivity index (χ2v) is 8.44. The smallest absolute Gasteiger partial charge is 0.382 e. The van der Waals surface area contributed by atoms with Gasteiger partial charge in [0, 0.05) is 18.3 Å². The van der Waals surface area contributed by atoms with Crippen LogP contribution < -0.4 is 16.0 Å². The van der Waals surface area contributed by atoms with Crippen molar-refractivity contribution >= 4 is 40.2 Å². The molecule has 0 radical (unpaired) electrons. The van der Waals surface area contributed by atoms with E-state index < -0.39 is 23.7 Å². The van der Waals surface area contributed by atoms with E-state index in [9.17, 15) is 22.8 Å². The third kappa shape index (κ3) is 3.97. The number of anilines is 3. The quantitative estimate of drug-likeness (QED) is 0.495. The molecule has 4 heterocycles. The van der Waals surface area contributed by atoms with Gasteiger partial charge < -0.3 is 11.1 Å². The van der Waals surface area contributed by atoms with Crippen LogP contribution in [-0.4, -0.2) is 55.6 Å². The number of alkyl halides is 3. The summed E-state index contributed by atoms with van der Waals surface area (Å²) in [5.74, 6) is -0.0645. The molecule has 2 aliphatic rings. The predicted octanol–water partition coefficient (Wildman–Crippen LogP) is 3.15. The SMILES string of the molecule is Nc1n[nH]c2ncc(N[C@H]3CC[C@H](N4C(=O)CN(c5cncc(C(F)(F)F)c5)C4=O)CC3)cc12. The number of aromatic amines is 1. The van der Waals surface area contributed by atoms with Gasteiger partial charge in [0.2, 0.25) is 0 Å². The van der Waals surface area contributed by atoms with Crippen molar-refractivity contribution in [3.8, 4) is 0 Å². The highest BCUT2D eigenvalue weighted by Gasteiger charge is 2.43. The zero-order chi connectivity index (χ0) is 24.0. The molecule has 13 heteroatoms. The van der Waals surface area contributed by atoms with Crippen molar-refractivity contribution in [2.24, 2.45) is 0 Å². The van der Waals surface area contributed by atoms with Gasteiger partial charge in [-0.15, -0.1) is 0 Å². The van der Waals surface area contributed by atoms with Crippen LogP contribution >= 0.6 is 0 Å². The zero-order valence-corrected chi connectivity index (χ0v) is 17.8. The van der Waals surface area contributed by atoms with Crippen molar-refractivity contribution in [2.75, 3.05) is 22.5 Å². The number of fused-ring (bicyclic) bond motifs is 1. The lowest BCUT2D eigenvalue weighted by molar-refractivity contribution is -0.137. The molecule has 0 bridgehead atoms. The number of carbonyl (C=O) groups is 2. The van der Waals surface area contributed by atoms with E-state index in [1.54, 1.807) is 6.20 Å². The zero-order valence-electron chi connectivity index (χ0n) is 17.8. The van der Waals surface area contributed by atoms with Crippen molar-refractivity contribution in [3.05, 3.63) is 36.3 Å². The van der Waals surface area contributed by atoms with Crippen molar-refractivity contribution in [2.45, 2.75) is 43.9 Å². The number of urea groups is 1. The molecule has 0 atom stereocenters. The normalized spacial score (nSPS) is 21.5. The molecule has 1 saturated carbocycles. The second-order valence-electron chi connectivity index (χ2n) is 8.44. The number of carbonyl (C=O) groups excluding carboxylic acids is 2. The summed E-state index contributed by atoms with van der Waals surface area (Å²) in [6.07, 6.45) is 1.48. The Balaban J connectivity index is 1.23. The van der Waals surface area contributed by atoms with E-state index in [4.69, 9.17) is 5.73 Å². The fraction of sp³-hybridized carbons (Fsp3) is 0.381. The van der Waals surface area contributed by atoms with Gasteiger partial charge in [0.05, 0.1) is 34.7 Å². The number of nitrogen functional groups attached to an aromatic ring is 1. The molecule has 3 aromatic heterocycles. The molecular formula is C21H21F3N8O2. The van der Waals surface area contributed by atoms with Crippen LogP contribution in [0.4, 0.5) is 35.2 Å². The lowest BCUT2D eigenvalue weighted by atomic mass is 9.90. The Hall–Kier alpha value is -3.90. The number of imide groups is 1. The molecule has 10 nitrogen and oxygen atoms in total. The van der Waals surface area contributed by atoms with Gasteiger partial charge in [0.15, 0.2) is 11.5 Å². The van der Waals surface area contributed by atoms with Crippen LogP contribution in [0.15, 0.2) is 30.7 Å². The number of nitrogens with two attached hydrogens (primary N) is 1. The highest BCUT2D eigenvalue weighted by atomic mass is 19.4. The van der Waals surface area contributed by atoms with Crippen molar-refractivity contribution < 1.29 is 22.8 Å². The van der Waals surface area contributed by atoms with Crippen LogP contribution in [0, 0.1) is 0 Å². The Morgan fingerprint density at radius 1 is 1.09 bits per heavy atom. The number of pyridine rings is 2. The lowest BCUT2D eigenvalue weighted by Gasteiger charge is -2.34. The molecule has 1 aliphatic heterocycles. The van der Waals surface area contributed by atoms with Gasteiger partial charge in [-0.1, -0.05) is 0 Å². The summed E-state index contributed by atoms with van der Waals surface area (Å²) in [5, 5.41) is 10.8. The van der Waals surface area contributed by atoms with Gasteiger partial charge in [-0.3, -0.25) is 24.7 Å². The maximum Gasteiger partial charge on any atom is 0.417 e. The summed E-state index contributed by atoms with van der Waals surface area (Å²) in [4.78, 5) is 35.7. The molecule has 34 heavy (non-hydrogen) atoms. The number of aromatic nitrogens is 4. The molecule has 5 rings (SSSR count). The monoisotopic (exact) mass is 474 g/mol. The fourth-order valence-corrected chi connectivity index (χ4v) is 4.52. The molecule has 3 aromatic rings. The van der Waals surface area contributed by atoms with Crippen molar-refractivity contribution in [1.29, 1.82) is 0 Å². The average Bonchev–Trinajstić information content (AvgIpc) is 3.32. The van der Waals surface area contributed by atoms with Gasteiger partial charge in [-0.25, -0.2) is 9.78 Å². The van der Waals surface area contributed by atoms with Gasteiger partial charge >= 0.3 is 12.2 Å². The summed E-state index contributed by atoms with van der Waals surface area (Å²) >= 11 is 0. The third-order valence-electron chi connectivity index (χ3n) is 6.24. The van der Waals surface area contributed by atoms with Crippen LogP contribution in [0.1, 0.15) is 31.2 Å². The Morgan fingerprint density at radius 2 is 1.85 bits per heavy atom. The molecule has 178 valence electrons. The second kappa shape index (κ2) is 8.15. The Kier molecular flexibility index (Phi) is 5.25. The summed E-state index contributed by atoms with van der Waals surface area (Å²) in [6, 6.07) is 1.88. The van der Waals surface area contributed by atoms with E-state index >= 15 is 0 Å². The lowest BCUT2D eigenvalue weighted by Crippen LogP contribution is -2.44. The van der Waals surface area contributed by atoms with Crippen molar-refractivity contribution in [3.63, 3.8) is 0 Å². The first-order chi connectivity index (χ1) is 16.2. The van der Waals surface area contributed by atoms with Gasteiger partial charge in [-0.05, 0) is 37.8 Å². The number of amides is 3. The minimum Gasteiger partial charge on any atom is -0.382 e. The number of hydrogen-bond acceptors (Lipinski definition) is 7. The molecule has 1 aliphatic carbocycles. The summed E-state index contributed by atoms with van der Waals surface area (Å²) in [7, 11) is 0. The van der Waals surface area contributed by atoms with E-state index in [1.165, 1.54) is 4.90 Å². The van der Waals surface area contributed by atoms with E-state index in [0.717, 1.165) is 28.2 Å². The van der Waals surface area contributed by atoms with Crippen LogP contribution in [0.3, 0.4) is 0 Å². The first-order valence-corrected chi connectivity index (χ1v) is 10.7. The summed E-state index contributed by atoms with van der Waals surface area (Å²) in [6.45, 7) is -0.308. The maximum atomic E-state index is 13.0. The van der Waals surface area contributed by atoms with Crippen LogP contribution in [0.2, 0.25) is 0 Å². The molecular weight excluding hydrogens is 453 g/mol. The molecule has 1 saturated heterocycles. The maximum absolute atomic E-state index is 13.0. The van der Waals surface area contributed by atoms with Crippen molar-refractivity contribution in [1.82, 2.24) is 25.1 Å². The number of nitrogens with zero attached hydrogens (tertiary/aromatic N) is 5. The van der Waals surface area contributed by atoms with E-state index in [-0.39, 0.29) is 24.3 Å². The number of H-pyrrole nitrogens is 1. The number of rotatable bonds is 4. The first-order valence-electron chi connectivity index (χ1n) is 10.7. The van der Waals surface area contributed by atoms with Gasteiger partial charge in [0.1, 0.15) is 6.54 Å². The molecule has 0 spiro atoms. The van der Waals surface area contributed by atoms with E-state index in [2.05, 4.69) is 25.5 Å². The largest absolute Gasteiger partial charge is 0.417 e. The van der Waals surface area contributed by atoms with E-state index in [1.807, 2.05) is 6.07 Å².